The Kier molecular flexibility index (Phi) is 10.7. The molecule has 1 atom stereocenters. The number of pyridine rings is 1. The van der Waals surface area contributed by atoms with Crippen molar-refractivity contribution in [3.63, 3.8) is 0 Å². The summed E-state index contributed by atoms with van der Waals surface area (Å²) in [5, 5.41) is 14.6. The molecule has 5 N–H and O–H groups in total. The van der Waals surface area contributed by atoms with Gasteiger partial charge in [-0.2, -0.15) is 4.72 Å². The molecule has 0 spiro atoms. The van der Waals surface area contributed by atoms with Crippen LogP contribution in [0.25, 0.3) is 10.9 Å². The van der Waals surface area contributed by atoms with Gasteiger partial charge in [0.25, 0.3) is 5.91 Å². The second-order valence-corrected chi connectivity index (χ2v) is 14.1. The number of carboxylic acid groups (broad SMARTS) is 1. The van der Waals surface area contributed by atoms with Gasteiger partial charge in [-0.1, -0.05) is 48.0 Å². The molecule has 0 saturated carbocycles. The zero-order valence-corrected chi connectivity index (χ0v) is 29.5. The van der Waals surface area contributed by atoms with Crippen molar-refractivity contribution < 1.29 is 31.9 Å². The molecule has 1 unspecified atom stereocenters. The monoisotopic (exact) mass is 720 g/mol. The Hall–Kier alpha value is -5.41. The van der Waals surface area contributed by atoms with Gasteiger partial charge in [0.1, 0.15) is 17.4 Å². The normalized spacial score (nSPS) is 12.2. The zero-order valence-electron chi connectivity index (χ0n) is 28.6. The van der Waals surface area contributed by atoms with E-state index in [-0.39, 0.29) is 29.1 Å². The smallest absolute Gasteiger partial charge is 0.323 e. The average molecular weight is 721 g/mol. The Morgan fingerprint density at radius 1 is 1.02 bits per heavy atom. The minimum atomic E-state index is -4.35. The van der Waals surface area contributed by atoms with Gasteiger partial charge in [-0.3, -0.25) is 14.4 Å². The number of sulfonamides is 1. The van der Waals surface area contributed by atoms with Crippen LogP contribution in [0.2, 0.25) is 0 Å². The summed E-state index contributed by atoms with van der Waals surface area (Å²) in [6.45, 7) is 7.59. The third-order valence-electron chi connectivity index (χ3n) is 8.57. The number of H-pyrrole nitrogens is 1. The van der Waals surface area contributed by atoms with Gasteiger partial charge in [-0.15, -0.1) is 0 Å². The van der Waals surface area contributed by atoms with Gasteiger partial charge in [0.05, 0.1) is 21.5 Å². The molecule has 2 aromatic heterocycles. The number of aromatic amines is 1. The molecule has 0 radical (unpaired) electrons. The number of nitrogens with zero attached hydrogens (tertiary/aromatic N) is 2. The first kappa shape index (κ1) is 36.9. The third kappa shape index (κ3) is 7.99. The number of aliphatic carboxylic acids is 1. The van der Waals surface area contributed by atoms with Crippen LogP contribution in [0.15, 0.2) is 64.4 Å². The molecule has 12 nitrogen and oxygen atoms in total. The van der Waals surface area contributed by atoms with E-state index in [1.54, 1.807) is 46.8 Å². The lowest BCUT2D eigenvalue weighted by Crippen LogP contribution is -2.49. The van der Waals surface area contributed by atoms with Crippen molar-refractivity contribution in [3.05, 3.63) is 121 Å². The van der Waals surface area contributed by atoms with Crippen LogP contribution >= 0.6 is 0 Å². The molecular weight excluding hydrogens is 682 g/mol. The summed E-state index contributed by atoms with van der Waals surface area (Å²) in [5.74, 6) is -4.36. The van der Waals surface area contributed by atoms with Gasteiger partial charge < -0.3 is 25.3 Å². The summed E-state index contributed by atoms with van der Waals surface area (Å²) in [6, 6.07) is 11.5. The van der Waals surface area contributed by atoms with Crippen LogP contribution in [0.1, 0.15) is 49.6 Å². The first-order valence-corrected chi connectivity index (χ1v) is 17.5. The zero-order chi connectivity index (χ0) is 37.2. The van der Waals surface area contributed by atoms with Crippen LogP contribution in [-0.4, -0.2) is 52.5 Å². The van der Waals surface area contributed by atoms with Crippen molar-refractivity contribution in [1.82, 2.24) is 24.6 Å². The number of halogens is 2. The van der Waals surface area contributed by atoms with Crippen LogP contribution in [-0.2, 0) is 34.3 Å². The number of hydrogen-bond acceptors (Lipinski definition) is 7. The van der Waals surface area contributed by atoms with E-state index in [4.69, 9.17) is 0 Å². The number of carboxylic acids is 1. The number of carbonyl (C=O) groups is 2. The van der Waals surface area contributed by atoms with E-state index in [1.165, 1.54) is 4.57 Å². The standard InChI is InChI=1S/C36H38F2N6O6S/c1-19-13-20(2)33(21(3)14-19)51(49,50)43-29(35(47)48)17-39-34(46)27-18-44(12-11-24-9-7-6-8-10-24)31-25(32(27)45)15-28(37)26(30(31)38)16-40-36-41-22(4)23(5)42-36/h6-10,13-15,18,29,43H,11-12,16-17H2,1-5H3,(H,39,46)(H,47,48)(H2,40,41,42). The Labute approximate surface area is 293 Å². The average Bonchev–Trinajstić information content (AvgIpc) is 3.38. The molecule has 0 aliphatic carbocycles. The molecule has 5 rings (SSSR count). The van der Waals surface area contributed by atoms with Gasteiger partial charge in [-0.25, -0.2) is 22.2 Å². The number of aryl methyl sites for hydroxylation is 7. The van der Waals surface area contributed by atoms with Gasteiger partial charge in [0.15, 0.2) is 5.82 Å². The van der Waals surface area contributed by atoms with E-state index < -0.39 is 62.5 Å². The van der Waals surface area contributed by atoms with Crippen LogP contribution in [0.4, 0.5) is 14.7 Å². The highest BCUT2D eigenvalue weighted by atomic mass is 32.2. The van der Waals surface area contributed by atoms with Crippen molar-refractivity contribution in [2.45, 2.75) is 65.1 Å². The number of imidazole rings is 1. The number of aromatic nitrogens is 3. The SMILES string of the molecule is Cc1cc(C)c(S(=O)(=O)NC(CNC(=O)c2cn(CCc3ccccc3)c3c(F)c(CNc4nc(C)c(C)[nH]4)c(F)cc3c2=O)C(=O)O)c(C)c1. The maximum absolute atomic E-state index is 16.2. The number of nitrogens with one attached hydrogen (secondary N) is 4. The van der Waals surface area contributed by atoms with E-state index in [1.807, 2.05) is 30.3 Å². The number of fused-ring (bicyclic) bond motifs is 1. The van der Waals surface area contributed by atoms with Crippen molar-refractivity contribution in [2.75, 3.05) is 11.9 Å². The van der Waals surface area contributed by atoms with E-state index in [0.717, 1.165) is 29.1 Å². The molecule has 5 aromatic rings. The minimum Gasteiger partial charge on any atom is -0.480 e. The molecule has 0 aliphatic rings. The summed E-state index contributed by atoms with van der Waals surface area (Å²) in [4.78, 5) is 46.4. The Morgan fingerprint density at radius 2 is 1.69 bits per heavy atom. The molecule has 15 heteroatoms. The summed E-state index contributed by atoms with van der Waals surface area (Å²) >= 11 is 0. The quantitative estimate of drug-likeness (QED) is 0.118. The molecule has 268 valence electrons. The first-order valence-electron chi connectivity index (χ1n) is 16.0. The van der Waals surface area contributed by atoms with Gasteiger partial charge in [0.2, 0.25) is 21.4 Å². The lowest BCUT2D eigenvalue weighted by molar-refractivity contribution is -0.138. The van der Waals surface area contributed by atoms with Crippen molar-refractivity contribution in [2.24, 2.45) is 0 Å². The lowest BCUT2D eigenvalue weighted by atomic mass is 10.0. The maximum Gasteiger partial charge on any atom is 0.323 e. The minimum absolute atomic E-state index is 0.0832. The second-order valence-electron chi connectivity index (χ2n) is 12.4. The van der Waals surface area contributed by atoms with E-state index >= 15 is 8.78 Å². The largest absolute Gasteiger partial charge is 0.480 e. The Morgan fingerprint density at radius 3 is 2.29 bits per heavy atom. The molecule has 2 heterocycles. The predicted molar refractivity (Wildman–Crippen MR) is 188 cm³/mol. The Balaban J connectivity index is 1.48. The second kappa shape index (κ2) is 14.8. The number of hydrogen-bond donors (Lipinski definition) is 5. The lowest BCUT2D eigenvalue weighted by Gasteiger charge is -2.19. The van der Waals surface area contributed by atoms with E-state index in [9.17, 15) is 27.9 Å². The summed E-state index contributed by atoms with van der Waals surface area (Å²) in [6.07, 6.45) is 1.50. The highest BCUT2D eigenvalue weighted by Gasteiger charge is 2.29. The molecule has 3 aromatic carbocycles. The molecule has 1 amide bonds. The van der Waals surface area contributed by atoms with E-state index in [2.05, 4.69) is 25.3 Å². The van der Waals surface area contributed by atoms with Crippen LogP contribution < -0.4 is 20.8 Å². The summed E-state index contributed by atoms with van der Waals surface area (Å²) in [7, 11) is -4.35. The third-order valence-corrected chi connectivity index (χ3v) is 10.4. The number of anilines is 1. The van der Waals surface area contributed by atoms with Crippen LogP contribution in [0.3, 0.4) is 0 Å². The fourth-order valence-electron chi connectivity index (χ4n) is 6.03. The van der Waals surface area contributed by atoms with Crippen molar-refractivity contribution in [3.8, 4) is 0 Å². The highest BCUT2D eigenvalue weighted by Crippen LogP contribution is 2.25. The van der Waals surface area contributed by atoms with E-state index in [0.29, 0.717) is 29.2 Å². The van der Waals surface area contributed by atoms with Gasteiger partial charge >= 0.3 is 5.97 Å². The van der Waals surface area contributed by atoms with Crippen molar-refractivity contribution >= 4 is 38.8 Å². The summed E-state index contributed by atoms with van der Waals surface area (Å²) in [5.41, 5.74) is 1.91. The maximum atomic E-state index is 16.2. The highest BCUT2D eigenvalue weighted by molar-refractivity contribution is 7.89. The molecular formula is C36H38F2N6O6S. The summed E-state index contributed by atoms with van der Waals surface area (Å²) < 4.78 is 61.7. The number of carbonyl (C=O) groups excluding carboxylic acids is 1. The first-order chi connectivity index (χ1) is 24.1. The molecule has 0 fully saturated rings. The topological polar surface area (TPSA) is 175 Å². The molecule has 0 saturated heterocycles. The number of rotatable bonds is 13. The fraction of sp³-hybridized carbons (Fsp3) is 0.278. The van der Waals surface area contributed by atoms with Crippen molar-refractivity contribution in [1.29, 1.82) is 0 Å². The molecule has 0 bridgehead atoms. The van der Waals surface area contributed by atoms with Crippen LogP contribution in [0, 0.1) is 46.3 Å². The molecule has 51 heavy (non-hydrogen) atoms. The molecule has 0 aliphatic heterocycles. The van der Waals surface area contributed by atoms with Crippen LogP contribution in [0.5, 0.6) is 0 Å². The fourth-order valence-corrected chi connectivity index (χ4v) is 7.67. The van der Waals surface area contributed by atoms with Gasteiger partial charge in [0, 0.05) is 37.1 Å². The predicted octanol–water partition coefficient (Wildman–Crippen LogP) is 4.56. The Bertz CT molecular complexity index is 2280. The van der Waals surface area contributed by atoms with Gasteiger partial charge in [-0.05, 0) is 63.8 Å². The number of benzene rings is 3. The number of amides is 1.